The maximum absolute atomic E-state index is 12.4. The second-order valence-electron chi connectivity index (χ2n) is 8.23. The van der Waals surface area contributed by atoms with Gasteiger partial charge in [-0.05, 0) is 44.7 Å². The lowest BCUT2D eigenvalue weighted by atomic mass is 9.85. The van der Waals surface area contributed by atoms with E-state index < -0.39 is 34.1 Å². The molecule has 0 bridgehead atoms. The fourth-order valence-electron chi connectivity index (χ4n) is 4.28. The first kappa shape index (κ1) is 26.1. The van der Waals surface area contributed by atoms with Crippen LogP contribution in [0.5, 0.6) is 0 Å². The number of amides is 1. The molecule has 2 aliphatic rings. The summed E-state index contributed by atoms with van der Waals surface area (Å²) in [5.74, 6) is -0.671. The number of azide groups is 1. The molecule has 1 aliphatic carbocycles. The zero-order chi connectivity index (χ0) is 23.7. The van der Waals surface area contributed by atoms with Crippen LogP contribution in [0.4, 0.5) is 0 Å². The molecule has 1 saturated heterocycles. The Bertz CT molecular complexity index is 855. The first-order chi connectivity index (χ1) is 15.2. The van der Waals surface area contributed by atoms with E-state index in [0.717, 1.165) is 12.8 Å². The highest BCUT2D eigenvalue weighted by atomic mass is 32.2. The van der Waals surface area contributed by atoms with Crippen LogP contribution in [-0.4, -0.2) is 74.8 Å². The number of esters is 1. The monoisotopic (exact) mass is 470 g/mol. The molecular formula is C20H34N6O5S. The summed E-state index contributed by atoms with van der Waals surface area (Å²) in [6, 6.07) is -1.93. The molecule has 180 valence electrons. The number of hydrogen-bond acceptors (Lipinski definition) is 7. The van der Waals surface area contributed by atoms with Crippen LogP contribution in [0.2, 0.25) is 0 Å². The Hall–Kier alpha value is -2.14. The predicted octanol–water partition coefficient (Wildman–Crippen LogP) is 1.62. The van der Waals surface area contributed by atoms with E-state index in [0.29, 0.717) is 31.5 Å². The zero-order valence-electron chi connectivity index (χ0n) is 19.0. The van der Waals surface area contributed by atoms with Crippen LogP contribution in [-0.2, 0) is 24.3 Å². The predicted molar refractivity (Wildman–Crippen MR) is 120 cm³/mol. The fraction of sp³-hybridized carbons (Fsp3) is 0.800. The molecular weight excluding hydrogens is 436 g/mol. The molecule has 1 amide bonds. The Morgan fingerprint density at radius 3 is 2.75 bits per heavy atom. The van der Waals surface area contributed by atoms with E-state index in [4.69, 9.17) is 10.3 Å². The van der Waals surface area contributed by atoms with Gasteiger partial charge in [0.15, 0.2) is 0 Å². The maximum Gasteiger partial charge on any atom is 0.333 e. The first-order valence-corrected chi connectivity index (χ1v) is 12.8. The number of nitrogens with zero attached hydrogens (tertiary/aromatic N) is 4. The topological polar surface area (TPSA) is 154 Å². The van der Waals surface area contributed by atoms with Gasteiger partial charge in [-0.2, -0.15) is 0 Å². The number of sulfonamides is 1. The summed E-state index contributed by atoms with van der Waals surface area (Å²) in [7, 11) is -3.38. The van der Waals surface area contributed by atoms with Crippen LogP contribution in [0.25, 0.3) is 10.4 Å². The van der Waals surface area contributed by atoms with Gasteiger partial charge in [0.25, 0.3) is 0 Å². The molecule has 2 rings (SSSR count). The number of nitrogens with one attached hydrogen (secondary N) is 2. The second-order valence-corrected chi connectivity index (χ2v) is 10.1. The quantitative estimate of drug-likeness (QED) is 0.214. The van der Waals surface area contributed by atoms with Crippen molar-refractivity contribution in [1.82, 2.24) is 14.9 Å². The number of carbonyl (C=O) groups is 2. The summed E-state index contributed by atoms with van der Waals surface area (Å²) < 4.78 is 32.7. The zero-order valence-corrected chi connectivity index (χ0v) is 19.8. The second kappa shape index (κ2) is 12.2. The number of likely N-dealkylation sites (tertiary alicyclic amines) is 1. The number of piperidine rings is 1. The van der Waals surface area contributed by atoms with Crippen molar-refractivity contribution in [3.05, 3.63) is 22.1 Å². The van der Waals surface area contributed by atoms with E-state index >= 15 is 0 Å². The molecule has 0 radical (unpaired) electrons. The van der Waals surface area contributed by atoms with Crippen molar-refractivity contribution in [3.8, 4) is 0 Å². The highest BCUT2D eigenvalue weighted by molar-refractivity contribution is 7.89. The van der Waals surface area contributed by atoms with Gasteiger partial charge in [0.2, 0.25) is 15.9 Å². The third-order valence-corrected chi connectivity index (χ3v) is 7.20. The SMILES string of the molecule is CCCCS(=O)(=O)N[C@@H]1CCCN([C@@H]2C=C(C(=O)OCC)CC(N=[N+]=[N-])[C@H]2NC(C)=O)C1. The minimum absolute atomic E-state index is 0.0871. The van der Waals surface area contributed by atoms with E-state index in [-0.39, 0.29) is 30.7 Å². The molecule has 1 aliphatic heterocycles. The molecule has 1 heterocycles. The van der Waals surface area contributed by atoms with E-state index in [9.17, 15) is 18.0 Å². The molecule has 0 aromatic heterocycles. The molecule has 2 N–H and O–H groups in total. The van der Waals surface area contributed by atoms with Gasteiger partial charge >= 0.3 is 5.97 Å². The smallest absolute Gasteiger partial charge is 0.333 e. The molecule has 1 unspecified atom stereocenters. The van der Waals surface area contributed by atoms with Gasteiger partial charge in [0, 0.05) is 36.0 Å². The van der Waals surface area contributed by atoms with Crippen molar-refractivity contribution in [2.75, 3.05) is 25.4 Å². The Labute approximate surface area is 189 Å². The van der Waals surface area contributed by atoms with E-state index in [2.05, 4.69) is 20.1 Å². The van der Waals surface area contributed by atoms with Gasteiger partial charge in [0.1, 0.15) is 0 Å². The van der Waals surface area contributed by atoms with Crippen molar-refractivity contribution < 1.29 is 22.7 Å². The van der Waals surface area contributed by atoms with Crippen molar-refractivity contribution >= 4 is 21.9 Å². The lowest BCUT2D eigenvalue weighted by Crippen LogP contribution is -2.61. The van der Waals surface area contributed by atoms with Crippen molar-refractivity contribution in [2.45, 2.75) is 77.0 Å². The summed E-state index contributed by atoms with van der Waals surface area (Å²) in [6.45, 7) is 6.33. The summed E-state index contributed by atoms with van der Waals surface area (Å²) in [5.41, 5.74) is 9.45. The number of unbranched alkanes of at least 4 members (excludes halogenated alkanes) is 1. The minimum atomic E-state index is -3.38. The van der Waals surface area contributed by atoms with E-state index in [1.54, 1.807) is 13.0 Å². The molecule has 4 atom stereocenters. The van der Waals surface area contributed by atoms with Crippen LogP contribution in [0.15, 0.2) is 16.8 Å². The number of hydrogen-bond donors (Lipinski definition) is 2. The highest BCUT2D eigenvalue weighted by Gasteiger charge is 2.40. The Kier molecular flexibility index (Phi) is 9.95. The Morgan fingerprint density at radius 1 is 1.38 bits per heavy atom. The summed E-state index contributed by atoms with van der Waals surface area (Å²) in [4.78, 5) is 29.3. The molecule has 11 nitrogen and oxygen atoms in total. The van der Waals surface area contributed by atoms with Crippen LogP contribution >= 0.6 is 0 Å². The largest absolute Gasteiger partial charge is 0.463 e. The van der Waals surface area contributed by atoms with Gasteiger partial charge in [0.05, 0.1) is 24.4 Å². The van der Waals surface area contributed by atoms with Crippen molar-refractivity contribution in [3.63, 3.8) is 0 Å². The lowest BCUT2D eigenvalue weighted by molar-refractivity contribution is -0.138. The molecule has 0 aromatic carbocycles. The van der Waals surface area contributed by atoms with E-state index in [1.807, 2.05) is 11.8 Å². The van der Waals surface area contributed by atoms with Crippen LogP contribution < -0.4 is 10.0 Å². The Morgan fingerprint density at radius 2 is 2.12 bits per heavy atom. The first-order valence-electron chi connectivity index (χ1n) is 11.1. The molecule has 0 saturated carbocycles. The molecule has 12 heteroatoms. The van der Waals surface area contributed by atoms with Gasteiger partial charge in [-0.25, -0.2) is 17.9 Å². The summed E-state index contributed by atoms with van der Waals surface area (Å²) in [6.07, 6.45) is 4.76. The molecule has 0 spiro atoms. The molecule has 1 fully saturated rings. The molecule has 0 aromatic rings. The number of carbonyl (C=O) groups excluding carboxylic acids is 2. The average molecular weight is 471 g/mol. The lowest BCUT2D eigenvalue weighted by Gasteiger charge is -2.44. The average Bonchev–Trinajstić information content (AvgIpc) is 2.73. The normalized spacial score (nSPS) is 26.5. The molecule has 32 heavy (non-hydrogen) atoms. The van der Waals surface area contributed by atoms with Gasteiger partial charge in [-0.1, -0.05) is 24.5 Å². The summed E-state index contributed by atoms with van der Waals surface area (Å²) in [5, 5.41) is 6.71. The third kappa shape index (κ3) is 7.47. The van der Waals surface area contributed by atoms with Crippen LogP contribution in [0.1, 0.15) is 52.9 Å². The Balaban J connectivity index is 2.30. The summed E-state index contributed by atoms with van der Waals surface area (Å²) >= 11 is 0. The van der Waals surface area contributed by atoms with Crippen molar-refractivity contribution in [1.29, 1.82) is 0 Å². The van der Waals surface area contributed by atoms with Gasteiger partial charge in [-0.3, -0.25) is 9.69 Å². The highest BCUT2D eigenvalue weighted by Crippen LogP contribution is 2.28. The standard InChI is InChI=1S/C20H34N6O5S/c1-4-6-10-32(29,30)24-16-8-7-9-26(13-16)18-12-15(20(28)31-5-2)11-17(23-25-21)19(18)22-14(3)27/h12,16-19,24H,4-11,13H2,1-3H3,(H,22,27)/t16-,17?,18-,19-/m1/s1. The van der Waals surface area contributed by atoms with Crippen LogP contribution in [0.3, 0.4) is 0 Å². The number of rotatable bonds is 10. The van der Waals surface area contributed by atoms with Crippen molar-refractivity contribution in [2.24, 2.45) is 5.11 Å². The fourth-order valence-corrected chi connectivity index (χ4v) is 5.77. The van der Waals surface area contributed by atoms with Crippen LogP contribution in [0, 0.1) is 0 Å². The maximum atomic E-state index is 12.4. The van der Waals surface area contributed by atoms with E-state index in [1.165, 1.54) is 6.92 Å². The van der Waals surface area contributed by atoms with Gasteiger partial charge < -0.3 is 10.1 Å². The minimum Gasteiger partial charge on any atom is -0.463 e. The number of ether oxygens (including phenoxy) is 1. The van der Waals surface area contributed by atoms with Gasteiger partial charge in [-0.15, -0.1) is 0 Å². The third-order valence-electron chi connectivity index (χ3n) is 5.68.